The van der Waals surface area contributed by atoms with Gasteiger partial charge in [-0.1, -0.05) is 12.1 Å². The molecule has 1 aliphatic heterocycles. The van der Waals surface area contributed by atoms with Gasteiger partial charge in [0.2, 0.25) is 11.8 Å². The second-order valence-electron chi connectivity index (χ2n) is 6.96. The molecule has 2 aromatic heterocycles. The second-order valence-corrected chi connectivity index (χ2v) is 7.99. The maximum absolute atomic E-state index is 13.3. The lowest BCUT2D eigenvalue weighted by atomic mass is 10.1. The number of anilines is 1. The summed E-state index contributed by atoms with van der Waals surface area (Å²) in [5, 5.41) is 1.99. The van der Waals surface area contributed by atoms with E-state index in [0.717, 1.165) is 16.3 Å². The molecule has 1 fully saturated rings. The van der Waals surface area contributed by atoms with Crippen molar-refractivity contribution in [2.45, 2.75) is 19.5 Å². The zero-order valence-corrected chi connectivity index (χ0v) is 16.9. The lowest BCUT2D eigenvalue weighted by molar-refractivity contribution is -0.137. The maximum Gasteiger partial charge on any atom is 0.228 e. The Hall–Kier alpha value is -3.06. The summed E-state index contributed by atoms with van der Waals surface area (Å²) >= 11 is 1.61. The van der Waals surface area contributed by atoms with Crippen LogP contribution in [0.2, 0.25) is 0 Å². The van der Waals surface area contributed by atoms with Crippen LogP contribution in [0.1, 0.15) is 17.1 Å². The molecule has 1 aromatic carbocycles. The van der Waals surface area contributed by atoms with E-state index < -0.39 is 0 Å². The van der Waals surface area contributed by atoms with Gasteiger partial charge in [0.15, 0.2) is 0 Å². The minimum atomic E-state index is -0.386. The van der Waals surface area contributed by atoms with Gasteiger partial charge < -0.3 is 19.0 Å². The largest absolute Gasteiger partial charge is 0.497 e. The van der Waals surface area contributed by atoms with Crippen LogP contribution >= 0.6 is 11.3 Å². The first-order valence-electron chi connectivity index (χ1n) is 9.42. The van der Waals surface area contributed by atoms with Crippen LogP contribution in [0, 0.1) is 5.92 Å². The smallest absolute Gasteiger partial charge is 0.228 e. The molecule has 0 saturated carbocycles. The van der Waals surface area contributed by atoms with Gasteiger partial charge in [-0.25, -0.2) is 0 Å². The van der Waals surface area contributed by atoms with E-state index in [-0.39, 0.29) is 24.2 Å². The van der Waals surface area contributed by atoms with Gasteiger partial charge in [-0.15, -0.1) is 11.3 Å². The predicted molar refractivity (Wildman–Crippen MR) is 111 cm³/mol. The van der Waals surface area contributed by atoms with Crippen LogP contribution < -0.4 is 9.64 Å². The minimum Gasteiger partial charge on any atom is -0.497 e. The normalized spacial score (nSPS) is 16.2. The third kappa shape index (κ3) is 4.35. The molecule has 1 aliphatic rings. The van der Waals surface area contributed by atoms with Gasteiger partial charge in [-0.05, 0) is 35.7 Å². The molecule has 1 atom stereocenters. The molecular weight excluding hydrogens is 388 g/mol. The van der Waals surface area contributed by atoms with Gasteiger partial charge in [0.05, 0.1) is 32.4 Å². The first kappa shape index (κ1) is 19.3. The number of ether oxygens (including phenoxy) is 1. The van der Waals surface area contributed by atoms with Crippen molar-refractivity contribution in [1.29, 1.82) is 0 Å². The fourth-order valence-corrected chi connectivity index (χ4v) is 4.27. The van der Waals surface area contributed by atoms with Crippen LogP contribution in [-0.2, 0) is 22.7 Å². The third-order valence-electron chi connectivity index (χ3n) is 5.00. The van der Waals surface area contributed by atoms with Gasteiger partial charge in [0.1, 0.15) is 11.5 Å². The third-order valence-corrected chi connectivity index (χ3v) is 5.87. The van der Waals surface area contributed by atoms with Crippen LogP contribution in [0.25, 0.3) is 0 Å². The Morgan fingerprint density at radius 2 is 2.14 bits per heavy atom. The van der Waals surface area contributed by atoms with E-state index in [4.69, 9.17) is 9.15 Å². The molecule has 0 bridgehead atoms. The van der Waals surface area contributed by atoms with E-state index in [1.807, 2.05) is 53.9 Å². The Labute approximate surface area is 173 Å². The van der Waals surface area contributed by atoms with Crippen molar-refractivity contribution in [3.05, 3.63) is 70.8 Å². The molecule has 150 valence electrons. The zero-order valence-electron chi connectivity index (χ0n) is 16.1. The summed E-state index contributed by atoms with van der Waals surface area (Å²) < 4.78 is 10.7. The summed E-state index contributed by atoms with van der Waals surface area (Å²) in [5.74, 6) is 0.939. The Balaban J connectivity index is 1.51. The number of furan rings is 1. The van der Waals surface area contributed by atoms with Crippen LogP contribution in [0.5, 0.6) is 5.75 Å². The molecule has 2 amide bonds. The molecule has 1 unspecified atom stereocenters. The number of methoxy groups -OCH3 is 1. The summed E-state index contributed by atoms with van der Waals surface area (Å²) in [6.45, 7) is 1.25. The van der Waals surface area contributed by atoms with Crippen molar-refractivity contribution >= 4 is 28.8 Å². The molecule has 0 aliphatic carbocycles. The van der Waals surface area contributed by atoms with Gasteiger partial charge in [0, 0.05) is 29.6 Å². The molecule has 3 heterocycles. The van der Waals surface area contributed by atoms with E-state index in [9.17, 15) is 9.59 Å². The lowest BCUT2D eigenvalue weighted by Crippen LogP contribution is -2.36. The van der Waals surface area contributed by atoms with E-state index in [2.05, 4.69) is 0 Å². The summed E-state index contributed by atoms with van der Waals surface area (Å²) in [6.07, 6.45) is 1.81. The molecule has 4 rings (SSSR count). The number of rotatable bonds is 7. The molecule has 6 nitrogen and oxygen atoms in total. The molecule has 0 radical (unpaired) electrons. The van der Waals surface area contributed by atoms with Crippen molar-refractivity contribution in [1.82, 2.24) is 4.90 Å². The highest BCUT2D eigenvalue weighted by molar-refractivity contribution is 7.09. The first-order chi connectivity index (χ1) is 14.1. The summed E-state index contributed by atoms with van der Waals surface area (Å²) in [5.41, 5.74) is 0.750. The average molecular weight is 410 g/mol. The van der Waals surface area contributed by atoms with E-state index in [1.54, 1.807) is 34.5 Å². The fourth-order valence-electron chi connectivity index (χ4n) is 3.55. The van der Waals surface area contributed by atoms with E-state index >= 15 is 0 Å². The van der Waals surface area contributed by atoms with Gasteiger partial charge >= 0.3 is 0 Å². The number of nitrogens with zero attached hydrogens (tertiary/aromatic N) is 2. The Bertz CT molecular complexity index is 932. The Kier molecular flexibility index (Phi) is 5.67. The number of carbonyl (C=O) groups is 2. The highest BCUT2D eigenvalue weighted by atomic mass is 32.1. The molecule has 29 heavy (non-hydrogen) atoms. The summed E-state index contributed by atoms with van der Waals surface area (Å²) in [6, 6.07) is 15.0. The van der Waals surface area contributed by atoms with Gasteiger partial charge in [-0.3, -0.25) is 9.59 Å². The molecule has 7 heteroatoms. The van der Waals surface area contributed by atoms with Crippen LogP contribution in [-0.4, -0.2) is 30.4 Å². The van der Waals surface area contributed by atoms with E-state index in [1.165, 1.54) is 0 Å². The molecular formula is C22H22N2O4S. The van der Waals surface area contributed by atoms with Crippen LogP contribution in [0.15, 0.2) is 64.6 Å². The van der Waals surface area contributed by atoms with Crippen molar-refractivity contribution < 1.29 is 18.7 Å². The summed E-state index contributed by atoms with van der Waals surface area (Å²) in [7, 11) is 1.59. The SMILES string of the molecule is COc1cccc(N2CC(C(=O)N(Cc3ccco3)Cc3cccs3)CC2=O)c1. The zero-order chi connectivity index (χ0) is 20.2. The van der Waals surface area contributed by atoms with Crippen molar-refractivity contribution in [2.24, 2.45) is 5.92 Å². The Morgan fingerprint density at radius 3 is 2.86 bits per heavy atom. The highest BCUT2D eigenvalue weighted by Gasteiger charge is 2.37. The fraction of sp³-hybridized carbons (Fsp3) is 0.273. The second kappa shape index (κ2) is 8.53. The molecule has 0 spiro atoms. The number of benzene rings is 1. The monoisotopic (exact) mass is 410 g/mol. The number of thiophene rings is 1. The number of carbonyl (C=O) groups excluding carboxylic acids is 2. The van der Waals surface area contributed by atoms with Gasteiger partial charge in [0.25, 0.3) is 0 Å². The quantitative estimate of drug-likeness (QED) is 0.592. The van der Waals surface area contributed by atoms with Crippen molar-refractivity contribution in [3.63, 3.8) is 0 Å². The summed E-state index contributed by atoms with van der Waals surface area (Å²) in [4.78, 5) is 30.5. The molecule has 1 saturated heterocycles. The molecule has 0 N–H and O–H groups in total. The average Bonchev–Trinajstić information content (AvgIpc) is 3.49. The minimum absolute atomic E-state index is 0.0338. The predicted octanol–water partition coefficient (Wildman–Crippen LogP) is 3.93. The topological polar surface area (TPSA) is 63.0 Å². The number of amides is 2. The Morgan fingerprint density at radius 1 is 1.24 bits per heavy atom. The van der Waals surface area contributed by atoms with E-state index in [0.29, 0.717) is 25.4 Å². The van der Waals surface area contributed by atoms with Crippen molar-refractivity contribution in [3.8, 4) is 5.75 Å². The maximum atomic E-state index is 13.3. The first-order valence-corrected chi connectivity index (χ1v) is 10.3. The van der Waals surface area contributed by atoms with Crippen molar-refractivity contribution in [2.75, 3.05) is 18.6 Å². The number of hydrogen-bond acceptors (Lipinski definition) is 5. The number of hydrogen-bond donors (Lipinski definition) is 0. The molecule has 3 aromatic rings. The standard InChI is InChI=1S/C22H22N2O4S/c1-27-18-6-2-5-17(12-18)24-13-16(11-21(24)25)22(26)23(14-19-7-3-9-28-19)15-20-8-4-10-29-20/h2-10,12,16H,11,13-15H2,1H3. The lowest BCUT2D eigenvalue weighted by Gasteiger charge is -2.24. The van der Waals surface area contributed by atoms with Crippen LogP contribution in [0.3, 0.4) is 0 Å². The van der Waals surface area contributed by atoms with Gasteiger partial charge in [-0.2, -0.15) is 0 Å². The highest BCUT2D eigenvalue weighted by Crippen LogP contribution is 2.29. The van der Waals surface area contributed by atoms with Crippen LogP contribution in [0.4, 0.5) is 5.69 Å².